The summed E-state index contributed by atoms with van der Waals surface area (Å²) in [7, 11) is 0. The van der Waals surface area contributed by atoms with Crippen molar-refractivity contribution in [1.82, 2.24) is 0 Å². The molecule has 0 aliphatic carbocycles. The smallest absolute Gasteiger partial charge is 0.308 e. The number of hydrogen-bond donors (Lipinski definition) is 4. The highest BCUT2D eigenvalue weighted by Gasteiger charge is 2.30. The second-order valence-electron chi connectivity index (χ2n) is 6.76. The van der Waals surface area contributed by atoms with Crippen LogP contribution in [-0.2, 0) is 9.59 Å². The van der Waals surface area contributed by atoms with Crippen LogP contribution < -0.4 is 9.47 Å². The van der Waals surface area contributed by atoms with Crippen molar-refractivity contribution < 1.29 is 43.9 Å². The predicted molar refractivity (Wildman–Crippen MR) is 108 cm³/mol. The number of phenolic OH excluding ortho intramolecular Hbond substituents is 4. The van der Waals surface area contributed by atoms with E-state index >= 15 is 0 Å². The number of rotatable bonds is 3. The third kappa shape index (κ3) is 3.31. The first-order chi connectivity index (χ1) is 14.7. The maximum atomic E-state index is 11.9. The second kappa shape index (κ2) is 7.13. The molecule has 1 heterocycles. The number of esters is 2. The molecule has 4 rings (SSSR count). The number of aromatic hydroxyl groups is 4. The van der Waals surface area contributed by atoms with E-state index in [-0.39, 0.29) is 44.8 Å². The molecule has 31 heavy (non-hydrogen) atoms. The molecule has 158 valence electrons. The van der Waals surface area contributed by atoms with E-state index in [1.165, 1.54) is 30.3 Å². The minimum Gasteiger partial charge on any atom is -0.508 e. The van der Waals surface area contributed by atoms with Crippen molar-refractivity contribution in [3.8, 4) is 45.6 Å². The monoisotopic (exact) mass is 424 g/mol. The number of ether oxygens (including phenoxy) is 2. The summed E-state index contributed by atoms with van der Waals surface area (Å²) in [5.41, 5.74) is 0.250. The summed E-state index contributed by atoms with van der Waals surface area (Å²) in [6.07, 6.45) is 0. The number of fused-ring (bicyclic) bond motifs is 3. The van der Waals surface area contributed by atoms with Crippen molar-refractivity contribution in [1.29, 1.82) is 0 Å². The van der Waals surface area contributed by atoms with Gasteiger partial charge in [-0.25, -0.2) is 0 Å². The van der Waals surface area contributed by atoms with Crippen molar-refractivity contribution in [2.45, 2.75) is 13.8 Å². The van der Waals surface area contributed by atoms with Crippen molar-refractivity contribution >= 4 is 33.9 Å². The lowest BCUT2D eigenvalue weighted by Crippen LogP contribution is -2.09. The van der Waals surface area contributed by atoms with Crippen LogP contribution in [-0.4, -0.2) is 32.4 Å². The molecule has 0 amide bonds. The van der Waals surface area contributed by atoms with Gasteiger partial charge in [0.1, 0.15) is 11.3 Å². The van der Waals surface area contributed by atoms with Crippen molar-refractivity contribution in [2.24, 2.45) is 0 Å². The Labute approximate surface area is 174 Å². The van der Waals surface area contributed by atoms with Gasteiger partial charge in [0, 0.05) is 25.3 Å². The number of benzene rings is 3. The number of hydrogen-bond acceptors (Lipinski definition) is 9. The highest BCUT2D eigenvalue weighted by Crippen LogP contribution is 2.54. The van der Waals surface area contributed by atoms with Crippen molar-refractivity contribution in [3.63, 3.8) is 0 Å². The van der Waals surface area contributed by atoms with Gasteiger partial charge in [0.25, 0.3) is 0 Å². The van der Waals surface area contributed by atoms with E-state index in [1.807, 2.05) is 0 Å². The van der Waals surface area contributed by atoms with Gasteiger partial charge in [-0.15, -0.1) is 0 Å². The van der Waals surface area contributed by atoms with Gasteiger partial charge in [0.05, 0.1) is 10.9 Å². The topological polar surface area (TPSA) is 147 Å². The summed E-state index contributed by atoms with van der Waals surface area (Å²) in [4.78, 5) is 23.7. The second-order valence-corrected chi connectivity index (χ2v) is 6.76. The van der Waals surface area contributed by atoms with Crippen LogP contribution in [0.15, 0.2) is 40.8 Å². The van der Waals surface area contributed by atoms with E-state index in [0.717, 1.165) is 19.9 Å². The molecule has 4 N–H and O–H groups in total. The Balaban J connectivity index is 2.22. The molecule has 0 saturated carbocycles. The summed E-state index contributed by atoms with van der Waals surface area (Å²) < 4.78 is 16.4. The van der Waals surface area contributed by atoms with E-state index in [2.05, 4.69) is 0 Å². The van der Waals surface area contributed by atoms with Crippen LogP contribution in [0.1, 0.15) is 13.8 Å². The summed E-state index contributed by atoms with van der Waals surface area (Å²) in [6.45, 7) is 2.28. The Morgan fingerprint density at radius 2 is 1.42 bits per heavy atom. The highest BCUT2D eigenvalue weighted by atomic mass is 16.6. The molecule has 0 bridgehead atoms. The van der Waals surface area contributed by atoms with Crippen molar-refractivity contribution in [2.75, 3.05) is 0 Å². The van der Waals surface area contributed by atoms with Crippen LogP contribution >= 0.6 is 0 Å². The molecule has 3 aromatic carbocycles. The molecule has 0 aliphatic rings. The Morgan fingerprint density at radius 1 is 0.839 bits per heavy atom. The Morgan fingerprint density at radius 3 is 2.03 bits per heavy atom. The van der Waals surface area contributed by atoms with Gasteiger partial charge in [-0.1, -0.05) is 12.1 Å². The molecule has 9 heteroatoms. The number of carbonyl (C=O) groups is 2. The molecule has 0 aliphatic heterocycles. The van der Waals surface area contributed by atoms with Crippen LogP contribution in [0.3, 0.4) is 0 Å². The maximum absolute atomic E-state index is 11.9. The number of furan rings is 1. The minimum absolute atomic E-state index is 0.0218. The molecule has 9 nitrogen and oxygen atoms in total. The molecule has 0 saturated heterocycles. The van der Waals surface area contributed by atoms with Crippen LogP contribution in [0.4, 0.5) is 0 Å². The molecular formula is C22H16O9. The summed E-state index contributed by atoms with van der Waals surface area (Å²) in [5, 5.41) is 40.6. The van der Waals surface area contributed by atoms with E-state index in [1.54, 1.807) is 0 Å². The largest absolute Gasteiger partial charge is 0.508 e. The van der Waals surface area contributed by atoms with Crippen LogP contribution in [0, 0.1) is 0 Å². The van der Waals surface area contributed by atoms with Gasteiger partial charge >= 0.3 is 11.9 Å². The van der Waals surface area contributed by atoms with E-state index < -0.39 is 29.2 Å². The molecular weight excluding hydrogens is 408 g/mol. The Bertz CT molecular complexity index is 1360. The van der Waals surface area contributed by atoms with Gasteiger partial charge < -0.3 is 34.3 Å². The quantitative estimate of drug-likeness (QED) is 0.218. The fourth-order valence-corrected chi connectivity index (χ4v) is 3.34. The summed E-state index contributed by atoms with van der Waals surface area (Å²) in [5.74, 6) is -3.37. The number of phenols is 4. The molecule has 0 unspecified atom stereocenters. The van der Waals surface area contributed by atoms with Gasteiger partial charge in [-0.2, -0.15) is 0 Å². The highest BCUT2D eigenvalue weighted by molar-refractivity contribution is 6.15. The SMILES string of the molecule is CC(=O)Oc1c(-c2ccc(O)cc2)c(O)c2oc3cc(O)c(O)cc3c2c1OC(C)=O. The first kappa shape index (κ1) is 19.9. The van der Waals surface area contributed by atoms with E-state index in [9.17, 15) is 30.0 Å². The van der Waals surface area contributed by atoms with Gasteiger partial charge in [-0.05, 0) is 23.8 Å². The molecule has 0 radical (unpaired) electrons. The third-order valence-electron chi connectivity index (χ3n) is 4.54. The number of carbonyl (C=O) groups excluding carboxylic acids is 2. The summed E-state index contributed by atoms with van der Waals surface area (Å²) in [6, 6.07) is 7.93. The van der Waals surface area contributed by atoms with Gasteiger partial charge in [0.2, 0.25) is 0 Å². The Hall–Kier alpha value is -4.40. The van der Waals surface area contributed by atoms with Crippen LogP contribution in [0.25, 0.3) is 33.1 Å². The first-order valence-corrected chi connectivity index (χ1v) is 9.00. The van der Waals surface area contributed by atoms with Crippen LogP contribution in [0.5, 0.6) is 34.5 Å². The first-order valence-electron chi connectivity index (χ1n) is 9.00. The lowest BCUT2D eigenvalue weighted by Gasteiger charge is -2.16. The molecule has 4 aromatic rings. The van der Waals surface area contributed by atoms with Crippen molar-refractivity contribution in [3.05, 3.63) is 36.4 Å². The molecule has 1 aromatic heterocycles. The minimum atomic E-state index is -0.750. The summed E-state index contributed by atoms with van der Waals surface area (Å²) >= 11 is 0. The fourth-order valence-electron chi connectivity index (χ4n) is 3.34. The molecule has 0 fully saturated rings. The normalized spacial score (nSPS) is 11.0. The Kier molecular flexibility index (Phi) is 4.58. The van der Waals surface area contributed by atoms with Gasteiger partial charge in [-0.3, -0.25) is 9.59 Å². The fraction of sp³-hybridized carbons (Fsp3) is 0.0909. The zero-order chi connectivity index (χ0) is 22.4. The van der Waals surface area contributed by atoms with E-state index in [4.69, 9.17) is 13.9 Å². The molecule has 0 atom stereocenters. The molecule has 0 spiro atoms. The van der Waals surface area contributed by atoms with E-state index in [0.29, 0.717) is 5.56 Å². The average Bonchev–Trinajstić information content (AvgIpc) is 3.04. The van der Waals surface area contributed by atoms with Crippen LogP contribution in [0.2, 0.25) is 0 Å². The lowest BCUT2D eigenvalue weighted by atomic mass is 9.99. The lowest BCUT2D eigenvalue weighted by molar-refractivity contribution is -0.134. The standard InChI is InChI=1S/C22H16O9/c1-9(23)29-21-17(11-3-5-12(25)6-4-11)19(28)20-18(22(21)30-10(2)24)13-7-14(26)15(27)8-16(13)31-20/h3-8,25-28H,1-2H3. The maximum Gasteiger partial charge on any atom is 0.308 e. The zero-order valence-electron chi connectivity index (χ0n) is 16.3. The predicted octanol–water partition coefficient (Wildman–Crippen LogP) is 3.93. The third-order valence-corrected chi connectivity index (χ3v) is 4.54. The van der Waals surface area contributed by atoms with Gasteiger partial charge in [0.15, 0.2) is 34.3 Å². The average molecular weight is 424 g/mol. The zero-order valence-corrected chi connectivity index (χ0v) is 16.3.